The highest BCUT2D eigenvalue weighted by Gasteiger charge is 2.28. The van der Waals surface area contributed by atoms with E-state index in [0.29, 0.717) is 48.2 Å². The minimum Gasteiger partial charge on any atom is -0.444 e. The summed E-state index contributed by atoms with van der Waals surface area (Å²) in [4.78, 5) is 22.2. The van der Waals surface area contributed by atoms with Crippen molar-refractivity contribution in [3.63, 3.8) is 0 Å². The molecule has 31 heavy (non-hydrogen) atoms. The number of hydrogen-bond donors (Lipinski definition) is 1. The highest BCUT2D eigenvalue weighted by molar-refractivity contribution is 6.31. The number of amides is 1. The van der Waals surface area contributed by atoms with E-state index in [9.17, 15) is 4.79 Å². The van der Waals surface area contributed by atoms with Crippen LogP contribution in [-0.2, 0) is 9.47 Å². The lowest BCUT2D eigenvalue weighted by Gasteiger charge is -2.34. The summed E-state index contributed by atoms with van der Waals surface area (Å²) in [5.41, 5.74) is 0.730. The van der Waals surface area contributed by atoms with Crippen molar-refractivity contribution in [1.82, 2.24) is 14.9 Å². The number of ether oxygens (including phenoxy) is 2. The lowest BCUT2D eigenvalue weighted by atomic mass is 10.2. The number of rotatable bonds is 3. The first-order valence-corrected chi connectivity index (χ1v) is 10.6. The molecule has 2 heterocycles. The molecule has 0 aliphatic carbocycles. The van der Waals surface area contributed by atoms with Crippen LogP contribution in [0, 0.1) is 11.8 Å². The summed E-state index contributed by atoms with van der Waals surface area (Å²) in [6.45, 7) is 7.25. The molecule has 1 aliphatic heterocycles. The summed E-state index contributed by atoms with van der Waals surface area (Å²) in [5.74, 6) is 6.54. The fourth-order valence-electron chi connectivity index (χ4n) is 2.83. The van der Waals surface area contributed by atoms with Crippen molar-refractivity contribution in [2.24, 2.45) is 0 Å². The van der Waals surface area contributed by atoms with E-state index in [2.05, 4.69) is 27.1 Å². The molecule has 1 amide bonds. The van der Waals surface area contributed by atoms with E-state index in [0.717, 1.165) is 0 Å². The Morgan fingerprint density at radius 3 is 2.77 bits per heavy atom. The molecular formula is C22H24Cl2N4O3. The third kappa shape index (κ3) is 7.00. The Labute approximate surface area is 192 Å². The molecule has 1 saturated heterocycles. The van der Waals surface area contributed by atoms with Crippen LogP contribution in [0.4, 0.5) is 10.6 Å². The lowest BCUT2D eigenvalue weighted by Crippen LogP contribution is -2.49. The standard InChI is InChI=1S/C22H24Cl2N4O3/c1-22(2,3)31-21(29)28-10-11-30-17(14-28)13-25-19-16(12-26-20(24)27-19)9-8-15-6-4-5-7-18(15)23/h4-7,12,17H,10-11,13-14H2,1-3H3,(H,25,26,27). The zero-order valence-corrected chi connectivity index (χ0v) is 19.1. The van der Waals surface area contributed by atoms with Crippen LogP contribution in [-0.4, -0.2) is 58.9 Å². The molecule has 0 spiro atoms. The molecule has 7 nitrogen and oxygen atoms in total. The normalized spacial score (nSPS) is 16.3. The zero-order chi connectivity index (χ0) is 22.4. The molecule has 1 unspecified atom stereocenters. The average Bonchev–Trinajstić information content (AvgIpc) is 2.71. The molecule has 2 aromatic rings. The molecular weight excluding hydrogens is 439 g/mol. The number of halogens is 2. The van der Waals surface area contributed by atoms with Crippen LogP contribution in [0.5, 0.6) is 0 Å². The van der Waals surface area contributed by atoms with Gasteiger partial charge in [-0.15, -0.1) is 0 Å². The fraction of sp³-hybridized carbons (Fsp3) is 0.409. The summed E-state index contributed by atoms with van der Waals surface area (Å²) in [6, 6.07) is 7.32. The topological polar surface area (TPSA) is 76.6 Å². The van der Waals surface area contributed by atoms with Gasteiger partial charge in [-0.05, 0) is 44.5 Å². The maximum Gasteiger partial charge on any atom is 0.410 e. The molecule has 0 bridgehead atoms. The first-order valence-electron chi connectivity index (χ1n) is 9.84. The Balaban J connectivity index is 1.67. The van der Waals surface area contributed by atoms with E-state index in [-0.39, 0.29) is 17.5 Å². The predicted molar refractivity (Wildman–Crippen MR) is 121 cm³/mol. The second-order valence-corrected chi connectivity index (χ2v) is 8.68. The van der Waals surface area contributed by atoms with Gasteiger partial charge in [0.05, 0.1) is 29.8 Å². The smallest absolute Gasteiger partial charge is 0.410 e. The van der Waals surface area contributed by atoms with Gasteiger partial charge in [-0.3, -0.25) is 0 Å². The minimum absolute atomic E-state index is 0.103. The van der Waals surface area contributed by atoms with Gasteiger partial charge in [0, 0.05) is 24.8 Å². The van der Waals surface area contributed by atoms with Gasteiger partial charge in [-0.1, -0.05) is 35.6 Å². The van der Waals surface area contributed by atoms with E-state index in [1.807, 2.05) is 39.0 Å². The molecule has 3 rings (SSSR count). The Morgan fingerprint density at radius 2 is 2.03 bits per heavy atom. The van der Waals surface area contributed by atoms with Crippen molar-refractivity contribution < 1.29 is 14.3 Å². The number of benzene rings is 1. The first-order chi connectivity index (χ1) is 14.7. The number of anilines is 1. The molecule has 9 heteroatoms. The highest BCUT2D eigenvalue weighted by Crippen LogP contribution is 2.17. The van der Waals surface area contributed by atoms with Gasteiger partial charge in [0.25, 0.3) is 0 Å². The molecule has 164 valence electrons. The molecule has 1 N–H and O–H groups in total. The number of aromatic nitrogens is 2. The maximum atomic E-state index is 12.3. The third-order valence-corrected chi connectivity index (χ3v) is 4.76. The van der Waals surface area contributed by atoms with Crippen molar-refractivity contribution in [1.29, 1.82) is 0 Å². The number of morpholine rings is 1. The van der Waals surface area contributed by atoms with Crippen molar-refractivity contribution in [3.8, 4) is 11.8 Å². The van der Waals surface area contributed by atoms with E-state index in [4.69, 9.17) is 32.7 Å². The third-order valence-electron chi connectivity index (χ3n) is 4.25. The molecule has 1 aromatic carbocycles. The lowest BCUT2D eigenvalue weighted by molar-refractivity contribution is -0.0371. The van der Waals surface area contributed by atoms with Gasteiger partial charge >= 0.3 is 6.09 Å². The largest absolute Gasteiger partial charge is 0.444 e. The van der Waals surface area contributed by atoms with Crippen LogP contribution in [0.15, 0.2) is 30.5 Å². The maximum absolute atomic E-state index is 12.3. The number of hydrogen-bond acceptors (Lipinski definition) is 6. The minimum atomic E-state index is -0.546. The summed E-state index contributed by atoms with van der Waals surface area (Å²) in [5, 5.41) is 3.88. The van der Waals surface area contributed by atoms with Gasteiger partial charge in [-0.25, -0.2) is 9.78 Å². The van der Waals surface area contributed by atoms with E-state index < -0.39 is 5.60 Å². The Bertz CT molecular complexity index is 998. The molecule has 1 aliphatic rings. The average molecular weight is 463 g/mol. The number of nitrogens with one attached hydrogen (secondary N) is 1. The number of nitrogens with zero attached hydrogens (tertiary/aromatic N) is 3. The van der Waals surface area contributed by atoms with E-state index >= 15 is 0 Å². The summed E-state index contributed by atoms with van der Waals surface area (Å²) >= 11 is 12.1. The Morgan fingerprint density at radius 1 is 1.29 bits per heavy atom. The number of carbonyl (C=O) groups is 1. The Hall–Kier alpha value is -2.53. The summed E-state index contributed by atoms with van der Waals surface area (Å²) in [6.07, 6.45) is 0.965. The van der Waals surface area contributed by atoms with Crippen molar-refractivity contribution in [3.05, 3.63) is 51.9 Å². The van der Waals surface area contributed by atoms with Crippen LogP contribution in [0.3, 0.4) is 0 Å². The van der Waals surface area contributed by atoms with E-state index in [1.54, 1.807) is 17.2 Å². The van der Waals surface area contributed by atoms with Gasteiger partial charge in [0.15, 0.2) is 0 Å². The van der Waals surface area contributed by atoms with Crippen LogP contribution < -0.4 is 5.32 Å². The van der Waals surface area contributed by atoms with Crippen LogP contribution in [0.1, 0.15) is 31.9 Å². The zero-order valence-electron chi connectivity index (χ0n) is 17.6. The molecule has 0 radical (unpaired) electrons. The van der Waals surface area contributed by atoms with E-state index in [1.165, 1.54) is 0 Å². The van der Waals surface area contributed by atoms with Crippen LogP contribution >= 0.6 is 23.2 Å². The van der Waals surface area contributed by atoms with Gasteiger partial charge in [-0.2, -0.15) is 4.98 Å². The molecule has 0 saturated carbocycles. The Kier molecular flexibility index (Phi) is 7.60. The number of carbonyl (C=O) groups excluding carboxylic acids is 1. The predicted octanol–water partition coefficient (Wildman–Crippen LogP) is 4.23. The monoisotopic (exact) mass is 462 g/mol. The van der Waals surface area contributed by atoms with Crippen molar-refractivity contribution in [2.45, 2.75) is 32.5 Å². The van der Waals surface area contributed by atoms with Crippen LogP contribution in [0.25, 0.3) is 0 Å². The first kappa shape index (κ1) is 23.1. The SMILES string of the molecule is CC(C)(C)OC(=O)N1CCOC(CNc2nc(Cl)ncc2C#Cc2ccccc2Cl)C1. The highest BCUT2D eigenvalue weighted by atomic mass is 35.5. The van der Waals surface area contributed by atoms with Gasteiger partial charge < -0.3 is 19.7 Å². The second-order valence-electron chi connectivity index (χ2n) is 7.93. The summed E-state index contributed by atoms with van der Waals surface area (Å²) < 4.78 is 11.2. The van der Waals surface area contributed by atoms with Gasteiger partial charge in [0.1, 0.15) is 11.4 Å². The quantitative estimate of drug-likeness (QED) is 0.543. The molecule has 1 atom stereocenters. The van der Waals surface area contributed by atoms with Crippen LogP contribution in [0.2, 0.25) is 10.3 Å². The van der Waals surface area contributed by atoms with Gasteiger partial charge in [0.2, 0.25) is 5.28 Å². The second kappa shape index (κ2) is 10.2. The molecule has 1 fully saturated rings. The fourth-order valence-corrected chi connectivity index (χ4v) is 3.15. The summed E-state index contributed by atoms with van der Waals surface area (Å²) in [7, 11) is 0. The van der Waals surface area contributed by atoms with Crippen molar-refractivity contribution in [2.75, 3.05) is 31.6 Å². The molecule has 1 aromatic heterocycles. The van der Waals surface area contributed by atoms with Crippen molar-refractivity contribution >= 4 is 35.1 Å².